The third kappa shape index (κ3) is 3.94. The number of pyridine rings is 1. The van der Waals surface area contributed by atoms with Crippen LogP contribution in [0.3, 0.4) is 0 Å². The maximum atomic E-state index is 12.7. The molecule has 0 radical (unpaired) electrons. The number of carbonyl (C=O) groups excluding carboxylic acids is 2. The summed E-state index contributed by atoms with van der Waals surface area (Å²) in [5, 5.41) is 0. The summed E-state index contributed by atoms with van der Waals surface area (Å²) in [6, 6.07) is 12.8. The monoisotopic (exact) mass is 311 g/mol. The molecular weight excluding hydrogens is 290 g/mol. The van der Waals surface area contributed by atoms with E-state index in [-0.39, 0.29) is 11.8 Å². The summed E-state index contributed by atoms with van der Waals surface area (Å²) in [5.74, 6) is -0.167. The molecule has 1 aromatic carbocycles. The Morgan fingerprint density at radius 2 is 1.74 bits per heavy atom. The molecule has 120 valence electrons. The van der Waals surface area contributed by atoms with Gasteiger partial charge >= 0.3 is 0 Å². The molecule has 0 atom stereocenters. The largest absolute Gasteiger partial charge is 0.336 e. The minimum atomic E-state index is -0.137. The highest BCUT2D eigenvalue weighted by atomic mass is 16.2. The van der Waals surface area contributed by atoms with Crippen molar-refractivity contribution in [2.45, 2.75) is 19.9 Å². The lowest BCUT2D eigenvalue weighted by Crippen LogP contribution is -2.31. The second-order valence-electron chi connectivity index (χ2n) is 5.31. The molecule has 5 nitrogen and oxygen atoms in total. The molecule has 2 rings (SSSR count). The summed E-state index contributed by atoms with van der Waals surface area (Å²) in [4.78, 5) is 32.1. The van der Waals surface area contributed by atoms with Crippen molar-refractivity contribution in [3.05, 3.63) is 59.9 Å². The molecule has 23 heavy (non-hydrogen) atoms. The molecule has 0 saturated heterocycles. The molecule has 0 unspecified atom stereocenters. The fraction of sp³-hybridized carbons (Fsp3) is 0.278. The Morgan fingerprint density at radius 1 is 1.04 bits per heavy atom. The zero-order valence-electron chi connectivity index (χ0n) is 13.7. The Morgan fingerprint density at radius 3 is 2.39 bits per heavy atom. The van der Waals surface area contributed by atoms with Crippen LogP contribution >= 0.6 is 0 Å². The lowest BCUT2D eigenvalue weighted by Gasteiger charge is -2.23. The third-order valence-corrected chi connectivity index (χ3v) is 3.64. The normalized spacial score (nSPS) is 10.2. The number of hydrogen-bond acceptors (Lipinski definition) is 3. The molecule has 0 bridgehead atoms. The SMILES string of the molecule is CCC(=O)N(C)c1ccccc1C(=O)N(C)Cc1ccccn1. The molecule has 0 aliphatic heterocycles. The van der Waals surface area contributed by atoms with E-state index < -0.39 is 0 Å². The van der Waals surface area contributed by atoms with Gasteiger partial charge in [-0.1, -0.05) is 25.1 Å². The molecule has 2 aromatic rings. The Hall–Kier alpha value is -2.69. The van der Waals surface area contributed by atoms with Gasteiger partial charge in [0.25, 0.3) is 5.91 Å². The van der Waals surface area contributed by atoms with Crippen LogP contribution in [0.5, 0.6) is 0 Å². The summed E-state index contributed by atoms with van der Waals surface area (Å²) >= 11 is 0. The maximum absolute atomic E-state index is 12.7. The van der Waals surface area contributed by atoms with Crippen molar-refractivity contribution in [3.8, 4) is 0 Å². The maximum Gasteiger partial charge on any atom is 0.256 e. The van der Waals surface area contributed by atoms with Crippen molar-refractivity contribution < 1.29 is 9.59 Å². The van der Waals surface area contributed by atoms with Gasteiger partial charge in [-0.05, 0) is 24.3 Å². The molecule has 0 N–H and O–H groups in total. The van der Waals surface area contributed by atoms with Crippen LogP contribution in [-0.4, -0.2) is 35.8 Å². The molecular formula is C18H21N3O2. The van der Waals surface area contributed by atoms with Gasteiger partial charge in [0, 0.05) is 26.7 Å². The first-order valence-corrected chi connectivity index (χ1v) is 7.55. The average Bonchev–Trinajstić information content (AvgIpc) is 2.60. The lowest BCUT2D eigenvalue weighted by atomic mass is 10.1. The Bertz CT molecular complexity index is 686. The Labute approximate surface area is 136 Å². The van der Waals surface area contributed by atoms with Gasteiger partial charge in [-0.25, -0.2) is 0 Å². The van der Waals surface area contributed by atoms with E-state index in [1.807, 2.05) is 24.3 Å². The van der Waals surface area contributed by atoms with Crippen LogP contribution < -0.4 is 4.90 Å². The van der Waals surface area contributed by atoms with Crippen molar-refractivity contribution in [2.75, 3.05) is 19.0 Å². The van der Waals surface area contributed by atoms with E-state index in [1.54, 1.807) is 50.3 Å². The summed E-state index contributed by atoms with van der Waals surface area (Å²) in [5.41, 5.74) is 1.95. The van der Waals surface area contributed by atoms with Crippen molar-refractivity contribution >= 4 is 17.5 Å². The van der Waals surface area contributed by atoms with E-state index in [0.29, 0.717) is 24.2 Å². The summed E-state index contributed by atoms with van der Waals surface area (Å²) in [7, 11) is 3.42. The number of aromatic nitrogens is 1. The van der Waals surface area contributed by atoms with Gasteiger partial charge in [0.05, 0.1) is 23.5 Å². The van der Waals surface area contributed by atoms with E-state index in [9.17, 15) is 9.59 Å². The van der Waals surface area contributed by atoms with E-state index in [2.05, 4.69) is 4.98 Å². The van der Waals surface area contributed by atoms with Gasteiger partial charge in [0.15, 0.2) is 0 Å². The molecule has 0 aliphatic carbocycles. The smallest absolute Gasteiger partial charge is 0.256 e. The Balaban J connectivity index is 2.24. The zero-order chi connectivity index (χ0) is 16.8. The summed E-state index contributed by atoms with van der Waals surface area (Å²) in [6.07, 6.45) is 2.10. The highest BCUT2D eigenvalue weighted by molar-refractivity contribution is 6.04. The molecule has 1 heterocycles. The van der Waals surface area contributed by atoms with Gasteiger partial charge in [0.1, 0.15) is 0 Å². The van der Waals surface area contributed by atoms with E-state index in [4.69, 9.17) is 0 Å². The van der Waals surface area contributed by atoms with Crippen LogP contribution in [-0.2, 0) is 11.3 Å². The van der Waals surface area contributed by atoms with E-state index >= 15 is 0 Å². The van der Waals surface area contributed by atoms with Crippen LogP contribution in [0.4, 0.5) is 5.69 Å². The average molecular weight is 311 g/mol. The fourth-order valence-electron chi connectivity index (χ4n) is 2.33. The quantitative estimate of drug-likeness (QED) is 0.853. The number of nitrogens with zero attached hydrogens (tertiary/aromatic N) is 3. The van der Waals surface area contributed by atoms with Crippen LogP contribution in [0.25, 0.3) is 0 Å². The number of carbonyl (C=O) groups is 2. The molecule has 1 aromatic heterocycles. The second kappa shape index (κ2) is 7.54. The van der Waals surface area contributed by atoms with Crippen molar-refractivity contribution in [1.29, 1.82) is 0 Å². The summed E-state index contributed by atoms with van der Waals surface area (Å²) in [6.45, 7) is 2.22. The Kier molecular flexibility index (Phi) is 5.46. The highest BCUT2D eigenvalue weighted by Crippen LogP contribution is 2.21. The second-order valence-corrected chi connectivity index (χ2v) is 5.31. The summed E-state index contributed by atoms with van der Waals surface area (Å²) < 4.78 is 0. The van der Waals surface area contributed by atoms with Gasteiger partial charge < -0.3 is 9.80 Å². The first-order valence-electron chi connectivity index (χ1n) is 7.55. The van der Waals surface area contributed by atoms with Crippen molar-refractivity contribution in [2.24, 2.45) is 0 Å². The van der Waals surface area contributed by atoms with Gasteiger partial charge in [-0.2, -0.15) is 0 Å². The van der Waals surface area contributed by atoms with Gasteiger partial charge in [-0.15, -0.1) is 0 Å². The van der Waals surface area contributed by atoms with Crippen molar-refractivity contribution in [3.63, 3.8) is 0 Å². The van der Waals surface area contributed by atoms with Gasteiger partial charge in [0.2, 0.25) is 5.91 Å². The topological polar surface area (TPSA) is 53.5 Å². The molecule has 0 saturated carbocycles. The predicted molar refractivity (Wildman–Crippen MR) is 90.2 cm³/mol. The lowest BCUT2D eigenvalue weighted by molar-refractivity contribution is -0.118. The standard InChI is InChI=1S/C18H21N3O2/c1-4-17(22)21(3)16-11-6-5-10-15(16)18(23)20(2)13-14-9-7-8-12-19-14/h5-12H,4,13H2,1-3H3. The molecule has 2 amide bonds. The molecule has 0 fully saturated rings. The fourth-order valence-corrected chi connectivity index (χ4v) is 2.33. The van der Waals surface area contributed by atoms with Crippen LogP contribution in [0.1, 0.15) is 29.4 Å². The van der Waals surface area contributed by atoms with Crippen LogP contribution in [0, 0.1) is 0 Å². The first-order chi connectivity index (χ1) is 11.0. The van der Waals surface area contributed by atoms with Crippen LogP contribution in [0.15, 0.2) is 48.7 Å². The third-order valence-electron chi connectivity index (χ3n) is 3.64. The molecule has 0 aliphatic rings. The van der Waals surface area contributed by atoms with E-state index in [1.165, 1.54) is 4.90 Å². The van der Waals surface area contributed by atoms with Gasteiger partial charge in [-0.3, -0.25) is 14.6 Å². The number of benzene rings is 1. The predicted octanol–water partition coefficient (Wildman–Crippen LogP) is 2.73. The molecule has 0 spiro atoms. The minimum absolute atomic E-state index is 0.0300. The number of anilines is 1. The number of hydrogen-bond donors (Lipinski definition) is 0. The van der Waals surface area contributed by atoms with E-state index in [0.717, 1.165) is 5.69 Å². The number of para-hydroxylation sites is 1. The first kappa shape index (κ1) is 16.7. The zero-order valence-corrected chi connectivity index (χ0v) is 13.7. The van der Waals surface area contributed by atoms with Crippen molar-refractivity contribution in [1.82, 2.24) is 9.88 Å². The number of amides is 2. The minimum Gasteiger partial charge on any atom is -0.336 e. The molecule has 5 heteroatoms. The number of rotatable bonds is 5. The van der Waals surface area contributed by atoms with Crippen LogP contribution in [0.2, 0.25) is 0 Å². The highest BCUT2D eigenvalue weighted by Gasteiger charge is 2.20.